The molecule has 0 saturated heterocycles. The third-order valence-corrected chi connectivity index (χ3v) is 0.918. The van der Waals surface area contributed by atoms with Crippen LogP contribution in [-0.2, 0) is 0 Å². The average molecular weight is 161 g/mol. The van der Waals surface area contributed by atoms with E-state index in [2.05, 4.69) is 34.7 Å². The molecule has 0 aromatic carbocycles. The van der Waals surface area contributed by atoms with Crippen LogP contribution in [0.5, 0.6) is 0 Å². The van der Waals surface area contributed by atoms with Crippen LogP contribution >= 0.6 is 15.9 Å². The van der Waals surface area contributed by atoms with Crippen LogP contribution in [0.1, 0.15) is 19.8 Å². The van der Waals surface area contributed by atoms with E-state index in [4.69, 9.17) is 0 Å². The highest BCUT2D eigenvalue weighted by Gasteiger charge is 1.67. The molecule has 0 saturated carbocycles. The van der Waals surface area contributed by atoms with Crippen molar-refractivity contribution in [1.29, 1.82) is 0 Å². The summed E-state index contributed by atoms with van der Waals surface area (Å²) in [7, 11) is 0. The van der Waals surface area contributed by atoms with E-state index in [0.717, 1.165) is 18.2 Å². The SMILES string of the molecule is CCC#CCCBr. The molecule has 7 heavy (non-hydrogen) atoms. The molecular weight excluding hydrogens is 152 g/mol. The first-order chi connectivity index (χ1) is 3.41. The molecule has 1 heteroatoms. The Morgan fingerprint density at radius 2 is 2.14 bits per heavy atom. The normalized spacial score (nSPS) is 7.14. The molecule has 0 fully saturated rings. The van der Waals surface area contributed by atoms with Gasteiger partial charge in [-0.2, -0.15) is 0 Å². The summed E-state index contributed by atoms with van der Waals surface area (Å²) in [5.74, 6) is 5.96. The van der Waals surface area contributed by atoms with Crippen LogP contribution in [0.15, 0.2) is 0 Å². The monoisotopic (exact) mass is 160 g/mol. The molecule has 0 aliphatic heterocycles. The van der Waals surface area contributed by atoms with Crippen molar-refractivity contribution in [3.63, 3.8) is 0 Å². The van der Waals surface area contributed by atoms with Gasteiger partial charge in [0.2, 0.25) is 0 Å². The highest BCUT2D eigenvalue weighted by Crippen LogP contribution is 1.83. The van der Waals surface area contributed by atoms with E-state index in [1.165, 1.54) is 0 Å². The number of rotatable bonds is 1. The molecular formula is C6H9Br. The van der Waals surface area contributed by atoms with E-state index >= 15 is 0 Å². The lowest BCUT2D eigenvalue weighted by Crippen LogP contribution is -1.64. The Morgan fingerprint density at radius 1 is 1.43 bits per heavy atom. The standard InChI is InChI=1S/C6H9Br/c1-2-3-4-5-6-7/h2,5-6H2,1H3. The van der Waals surface area contributed by atoms with E-state index in [9.17, 15) is 0 Å². The van der Waals surface area contributed by atoms with Crippen LogP contribution in [0.4, 0.5) is 0 Å². The highest BCUT2D eigenvalue weighted by atomic mass is 79.9. The molecule has 0 atom stereocenters. The summed E-state index contributed by atoms with van der Waals surface area (Å²) in [6.07, 6.45) is 1.96. The van der Waals surface area contributed by atoms with Gasteiger partial charge in [-0.3, -0.25) is 0 Å². The molecule has 0 aliphatic rings. The Kier molecular flexibility index (Phi) is 6.07. The van der Waals surface area contributed by atoms with Gasteiger partial charge in [0.25, 0.3) is 0 Å². The number of hydrogen-bond donors (Lipinski definition) is 0. The van der Waals surface area contributed by atoms with Gasteiger partial charge < -0.3 is 0 Å². The lowest BCUT2D eigenvalue weighted by Gasteiger charge is -1.72. The maximum atomic E-state index is 3.28. The fourth-order valence-corrected chi connectivity index (χ4v) is 0.459. The summed E-state index contributed by atoms with van der Waals surface area (Å²) < 4.78 is 0. The van der Waals surface area contributed by atoms with E-state index in [-0.39, 0.29) is 0 Å². The summed E-state index contributed by atoms with van der Waals surface area (Å²) in [6.45, 7) is 2.06. The fraction of sp³-hybridized carbons (Fsp3) is 0.667. The average Bonchev–Trinajstić information content (AvgIpc) is 1.69. The third kappa shape index (κ3) is 6.04. The summed E-state index contributed by atoms with van der Waals surface area (Å²) in [5.41, 5.74) is 0. The van der Waals surface area contributed by atoms with Crippen LogP contribution in [0.25, 0.3) is 0 Å². The van der Waals surface area contributed by atoms with Crippen molar-refractivity contribution in [2.75, 3.05) is 5.33 Å². The number of halogens is 1. The lowest BCUT2D eigenvalue weighted by atomic mass is 10.4. The molecule has 0 aliphatic carbocycles. The first-order valence-electron chi connectivity index (χ1n) is 2.43. The van der Waals surface area contributed by atoms with E-state index < -0.39 is 0 Å². The molecule has 0 spiro atoms. The van der Waals surface area contributed by atoms with Gasteiger partial charge >= 0.3 is 0 Å². The van der Waals surface area contributed by atoms with E-state index in [0.29, 0.717) is 0 Å². The second-order valence-corrected chi connectivity index (χ2v) is 1.94. The molecule has 0 radical (unpaired) electrons. The minimum absolute atomic E-state index is 0.979. The fourth-order valence-electron chi connectivity index (χ4n) is 0.261. The largest absolute Gasteiger partial charge is 0.104 e. The van der Waals surface area contributed by atoms with Crippen LogP contribution < -0.4 is 0 Å². The van der Waals surface area contributed by atoms with Crippen molar-refractivity contribution in [3.05, 3.63) is 0 Å². The smallest absolute Gasteiger partial charge is 0.0186 e. The second-order valence-electron chi connectivity index (χ2n) is 1.15. The van der Waals surface area contributed by atoms with Gasteiger partial charge in [0.15, 0.2) is 0 Å². The van der Waals surface area contributed by atoms with E-state index in [1.54, 1.807) is 0 Å². The first-order valence-corrected chi connectivity index (χ1v) is 3.55. The quantitative estimate of drug-likeness (QED) is 0.408. The van der Waals surface area contributed by atoms with Gasteiger partial charge in [0, 0.05) is 18.2 Å². The number of alkyl halides is 1. The molecule has 40 valence electrons. The summed E-state index contributed by atoms with van der Waals surface area (Å²) >= 11 is 3.28. The summed E-state index contributed by atoms with van der Waals surface area (Å²) in [4.78, 5) is 0. The maximum Gasteiger partial charge on any atom is 0.0186 e. The van der Waals surface area contributed by atoms with Crippen LogP contribution in [-0.4, -0.2) is 5.33 Å². The Hall–Kier alpha value is 0.0400. The molecule has 0 heterocycles. The van der Waals surface area contributed by atoms with Gasteiger partial charge in [-0.1, -0.05) is 22.9 Å². The minimum atomic E-state index is 0.979. The van der Waals surface area contributed by atoms with Gasteiger partial charge in [-0.25, -0.2) is 0 Å². The maximum absolute atomic E-state index is 3.28. The Labute approximate surface area is 53.4 Å². The summed E-state index contributed by atoms with van der Waals surface area (Å²) in [6, 6.07) is 0. The van der Waals surface area contributed by atoms with Crippen molar-refractivity contribution < 1.29 is 0 Å². The van der Waals surface area contributed by atoms with Crippen molar-refractivity contribution in [2.45, 2.75) is 19.8 Å². The molecule has 0 aromatic rings. The highest BCUT2D eigenvalue weighted by molar-refractivity contribution is 9.09. The van der Waals surface area contributed by atoms with Crippen LogP contribution in [0, 0.1) is 11.8 Å². The predicted octanol–water partition coefficient (Wildman–Crippen LogP) is 2.18. The van der Waals surface area contributed by atoms with Crippen molar-refractivity contribution in [3.8, 4) is 11.8 Å². The van der Waals surface area contributed by atoms with Gasteiger partial charge in [0.1, 0.15) is 0 Å². The van der Waals surface area contributed by atoms with Crippen LogP contribution in [0.3, 0.4) is 0 Å². The molecule has 0 aromatic heterocycles. The minimum Gasteiger partial charge on any atom is -0.104 e. The third-order valence-electron chi connectivity index (χ3n) is 0.521. The molecule has 0 amide bonds. The van der Waals surface area contributed by atoms with Crippen molar-refractivity contribution in [1.82, 2.24) is 0 Å². The zero-order valence-electron chi connectivity index (χ0n) is 4.50. The Bertz CT molecular complexity index is 75.9. The summed E-state index contributed by atoms with van der Waals surface area (Å²) in [5, 5.41) is 1.00. The zero-order chi connectivity index (χ0) is 5.54. The van der Waals surface area contributed by atoms with Crippen molar-refractivity contribution >= 4 is 15.9 Å². The molecule has 0 unspecified atom stereocenters. The lowest BCUT2D eigenvalue weighted by molar-refractivity contribution is 1.25. The van der Waals surface area contributed by atoms with E-state index in [1.807, 2.05) is 0 Å². The molecule has 0 nitrogen and oxygen atoms in total. The van der Waals surface area contributed by atoms with Gasteiger partial charge in [-0.15, -0.1) is 11.8 Å². The topological polar surface area (TPSA) is 0 Å². The first kappa shape index (κ1) is 7.04. The molecule has 0 bridgehead atoms. The van der Waals surface area contributed by atoms with Crippen molar-refractivity contribution in [2.24, 2.45) is 0 Å². The van der Waals surface area contributed by atoms with Gasteiger partial charge in [0.05, 0.1) is 0 Å². The predicted molar refractivity (Wildman–Crippen MR) is 36.5 cm³/mol. The number of hydrogen-bond acceptors (Lipinski definition) is 0. The molecule has 0 rings (SSSR count). The Morgan fingerprint density at radius 3 is 2.57 bits per heavy atom. The Balaban J connectivity index is 2.91. The van der Waals surface area contributed by atoms with Gasteiger partial charge in [-0.05, 0) is 0 Å². The zero-order valence-corrected chi connectivity index (χ0v) is 6.09. The molecule has 0 N–H and O–H groups in total. The van der Waals surface area contributed by atoms with Crippen LogP contribution in [0.2, 0.25) is 0 Å². The second kappa shape index (κ2) is 6.04.